The number of benzene rings is 1. The van der Waals surface area contributed by atoms with Crippen LogP contribution in [0.4, 0.5) is 10.5 Å². The molecule has 1 unspecified atom stereocenters. The highest BCUT2D eigenvalue weighted by molar-refractivity contribution is 5.84. The first-order valence-electron chi connectivity index (χ1n) is 16.1. The predicted octanol–water partition coefficient (Wildman–Crippen LogP) is 10.6. The van der Waals surface area contributed by atoms with Crippen molar-refractivity contribution < 1.29 is 9.53 Å². The number of aryl methyl sites for hydroxylation is 1. The van der Waals surface area contributed by atoms with Crippen LogP contribution in [0.2, 0.25) is 0 Å². The summed E-state index contributed by atoms with van der Waals surface area (Å²) in [6, 6.07) is 7.84. The van der Waals surface area contributed by atoms with Crippen molar-refractivity contribution in [2.24, 2.45) is 0 Å². The van der Waals surface area contributed by atoms with Crippen molar-refractivity contribution in [1.29, 1.82) is 0 Å². The number of carbonyl (C=O) groups excluding carboxylic acids is 1. The number of rotatable bonds is 18. The Kier molecular flexibility index (Phi) is 15.2. The molecule has 1 aliphatic heterocycles. The van der Waals surface area contributed by atoms with E-state index >= 15 is 0 Å². The van der Waals surface area contributed by atoms with E-state index in [-0.39, 0.29) is 23.3 Å². The third-order valence-corrected chi connectivity index (χ3v) is 8.67. The summed E-state index contributed by atoms with van der Waals surface area (Å²) in [6.45, 7) is 14.6. The number of hydrogen-bond acceptors (Lipinski definition) is 3. The van der Waals surface area contributed by atoms with E-state index in [1.165, 1.54) is 95.5 Å². The normalized spacial score (nSPS) is 18.9. The van der Waals surface area contributed by atoms with Crippen molar-refractivity contribution in [3.05, 3.63) is 42.0 Å². The van der Waals surface area contributed by atoms with E-state index < -0.39 is 0 Å². The maximum Gasteiger partial charge on any atom is 0.411 e. The Balaban J connectivity index is 1.63. The second kappa shape index (κ2) is 17.8. The van der Waals surface area contributed by atoms with E-state index in [4.69, 9.17) is 4.74 Å². The Morgan fingerprint density at radius 3 is 2.00 bits per heavy atom. The number of piperidine rings is 1. The van der Waals surface area contributed by atoms with Crippen molar-refractivity contribution in [2.45, 2.75) is 161 Å². The van der Waals surface area contributed by atoms with Crippen molar-refractivity contribution in [2.75, 3.05) is 11.9 Å². The summed E-state index contributed by atoms with van der Waals surface area (Å²) < 4.78 is 6.00. The first-order chi connectivity index (χ1) is 18.7. The van der Waals surface area contributed by atoms with Crippen LogP contribution >= 0.6 is 0 Å². The number of amides is 1. The average molecular weight is 541 g/mol. The number of nitrogens with one attached hydrogen (secondary N) is 1. The molecule has 0 bridgehead atoms. The highest BCUT2D eigenvalue weighted by Gasteiger charge is 2.48. The maximum absolute atomic E-state index is 12.7. The Hall–Kier alpha value is -1.81. The van der Waals surface area contributed by atoms with Crippen molar-refractivity contribution >= 4 is 11.8 Å². The molecule has 1 fully saturated rings. The lowest BCUT2D eigenvalue weighted by Gasteiger charge is -2.55. The first kappa shape index (κ1) is 33.4. The van der Waals surface area contributed by atoms with Gasteiger partial charge in [-0.05, 0) is 98.2 Å². The van der Waals surface area contributed by atoms with E-state index in [1.54, 1.807) is 0 Å². The van der Waals surface area contributed by atoms with E-state index in [9.17, 15) is 4.79 Å². The molecular formula is C35H60N2O2. The molecule has 39 heavy (non-hydrogen) atoms. The number of carbonyl (C=O) groups is 1. The zero-order valence-corrected chi connectivity index (χ0v) is 26.3. The van der Waals surface area contributed by atoms with Crippen LogP contribution in [-0.4, -0.2) is 34.7 Å². The van der Waals surface area contributed by atoms with Gasteiger partial charge in [0, 0.05) is 11.2 Å². The summed E-state index contributed by atoms with van der Waals surface area (Å²) in [6.07, 6.45) is 24.9. The smallest absolute Gasteiger partial charge is 0.411 e. The van der Waals surface area contributed by atoms with Gasteiger partial charge in [0.25, 0.3) is 0 Å². The summed E-state index contributed by atoms with van der Waals surface area (Å²) in [5.41, 5.74) is 1.86. The molecule has 1 aliphatic rings. The monoisotopic (exact) mass is 540 g/mol. The second-order valence-corrected chi connectivity index (χ2v) is 13.0. The molecule has 1 saturated heterocycles. The minimum Gasteiger partial charge on any atom is -0.444 e. The van der Waals surface area contributed by atoms with Crippen LogP contribution < -0.4 is 5.32 Å². The highest BCUT2D eigenvalue weighted by Crippen LogP contribution is 2.40. The third-order valence-electron chi connectivity index (χ3n) is 8.67. The minimum atomic E-state index is -0.353. The van der Waals surface area contributed by atoms with Crippen molar-refractivity contribution in [3.8, 4) is 0 Å². The lowest BCUT2D eigenvalue weighted by Crippen LogP contribution is -2.65. The van der Waals surface area contributed by atoms with Gasteiger partial charge in [-0.1, -0.05) is 94.6 Å². The van der Waals surface area contributed by atoms with Gasteiger partial charge >= 0.3 is 6.09 Å². The van der Waals surface area contributed by atoms with Crippen LogP contribution in [0.25, 0.3) is 0 Å². The van der Waals surface area contributed by atoms with Gasteiger partial charge in [0.15, 0.2) is 0 Å². The molecule has 0 spiro atoms. The summed E-state index contributed by atoms with van der Waals surface area (Å²) in [4.78, 5) is 15.3. The molecule has 1 aromatic carbocycles. The van der Waals surface area contributed by atoms with E-state index in [0.717, 1.165) is 25.1 Å². The third kappa shape index (κ3) is 12.5. The Bertz CT molecular complexity index is 828. The highest BCUT2D eigenvalue weighted by atomic mass is 16.6. The van der Waals surface area contributed by atoms with Gasteiger partial charge in [-0.15, -0.1) is 0 Å². The fourth-order valence-corrected chi connectivity index (χ4v) is 6.15. The molecule has 0 aliphatic carbocycles. The van der Waals surface area contributed by atoms with Crippen LogP contribution in [0, 0.1) is 6.92 Å². The molecule has 1 N–H and O–H groups in total. The molecule has 0 saturated carbocycles. The number of allylic oxidation sites excluding steroid dienone is 2. The SMILES string of the molecule is CCCCCCCC/C=C\CCCCCCCCN1C(C)(C)CCC(OC(=O)Nc2ccc(C)cc2)C1(C)C. The number of likely N-dealkylation sites (tertiary alicyclic amines) is 1. The van der Waals surface area contributed by atoms with Crippen LogP contribution in [0.3, 0.4) is 0 Å². The van der Waals surface area contributed by atoms with Crippen molar-refractivity contribution in [1.82, 2.24) is 4.90 Å². The number of ether oxygens (including phenoxy) is 1. The fourth-order valence-electron chi connectivity index (χ4n) is 6.15. The van der Waals surface area contributed by atoms with Crippen LogP contribution in [-0.2, 0) is 4.74 Å². The van der Waals surface area contributed by atoms with E-state index in [1.807, 2.05) is 31.2 Å². The molecule has 222 valence electrons. The Morgan fingerprint density at radius 2 is 1.41 bits per heavy atom. The number of anilines is 1. The Labute approximate surface area is 241 Å². The zero-order chi connectivity index (χ0) is 28.6. The van der Waals surface area contributed by atoms with E-state index in [2.05, 4.69) is 57.0 Å². The number of nitrogens with zero attached hydrogens (tertiary/aromatic N) is 1. The molecule has 4 nitrogen and oxygen atoms in total. The molecular weight excluding hydrogens is 480 g/mol. The summed E-state index contributed by atoms with van der Waals surface area (Å²) in [7, 11) is 0. The predicted molar refractivity (Wildman–Crippen MR) is 169 cm³/mol. The molecule has 1 aromatic rings. The van der Waals surface area contributed by atoms with Gasteiger partial charge in [-0.3, -0.25) is 10.2 Å². The Morgan fingerprint density at radius 1 is 0.872 bits per heavy atom. The summed E-state index contributed by atoms with van der Waals surface area (Å²) in [5, 5.41) is 2.91. The maximum atomic E-state index is 12.7. The van der Waals surface area contributed by atoms with Crippen LogP contribution in [0.15, 0.2) is 36.4 Å². The van der Waals surface area contributed by atoms with Gasteiger partial charge in [0.05, 0.1) is 5.54 Å². The van der Waals surface area contributed by atoms with Crippen LogP contribution in [0.1, 0.15) is 143 Å². The van der Waals surface area contributed by atoms with Crippen LogP contribution in [0.5, 0.6) is 0 Å². The van der Waals surface area contributed by atoms with Gasteiger partial charge in [0.2, 0.25) is 0 Å². The fraction of sp³-hybridized carbons (Fsp3) is 0.743. The standard InChI is InChI=1S/C35H60N2O2/c1-7-8-9-10-11-12-13-14-15-16-17-18-19-20-21-22-29-37-34(3,4)28-27-32(35(37,5)6)39-33(38)36-31-25-23-30(2)24-26-31/h14-15,23-26,32H,7-13,16-22,27-29H2,1-6H3,(H,36,38)/b15-14-. The molecule has 1 atom stereocenters. The quantitative estimate of drug-likeness (QED) is 0.149. The lowest BCUT2D eigenvalue weighted by atomic mass is 9.77. The molecule has 1 heterocycles. The van der Waals surface area contributed by atoms with Gasteiger partial charge in [0.1, 0.15) is 6.10 Å². The minimum absolute atomic E-state index is 0.110. The van der Waals surface area contributed by atoms with Gasteiger partial charge in [-0.25, -0.2) is 4.79 Å². The molecule has 0 radical (unpaired) electrons. The second-order valence-electron chi connectivity index (χ2n) is 13.0. The lowest BCUT2D eigenvalue weighted by molar-refractivity contribution is -0.106. The van der Waals surface area contributed by atoms with Gasteiger partial charge in [-0.2, -0.15) is 0 Å². The molecule has 4 heteroatoms. The largest absolute Gasteiger partial charge is 0.444 e. The zero-order valence-electron chi connectivity index (χ0n) is 26.3. The summed E-state index contributed by atoms with van der Waals surface area (Å²) >= 11 is 0. The molecule has 2 rings (SSSR count). The molecule has 1 amide bonds. The van der Waals surface area contributed by atoms with Crippen molar-refractivity contribution in [3.63, 3.8) is 0 Å². The number of hydrogen-bond donors (Lipinski definition) is 1. The van der Waals surface area contributed by atoms with E-state index in [0.29, 0.717) is 0 Å². The topological polar surface area (TPSA) is 41.6 Å². The average Bonchev–Trinajstić information content (AvgIpc) is 2.88. The first-order valence-corrected chi connectivity index (χ1v) is 16.1. The summed E-state index contributed by atoms with van der Waals surface area (Å²) in [5.74, 6) is 0. The number of unbranched alkanes of at least 4 members (excludes halogenated alkanes) is 12. The molecule has 0 aromatic heterocycles. The van der Waals surface area contributed by atoms with Gasteiger partial charge < -0.3 is 4.74 Å².